The van der Waals surface area contributed by atoms with Crippen LogP contribution in [0.25, 0.3) is 0 Å². The van der Waals surface area contributed by atoms with Crippen LogP contribution in [0.1, 0.15) is 13.3 Å². The molecule has 0 aliphatic carbocycles. The van der Waals surface area contributed by atoms with E-state index in [0.717, 1.165) is 0 Å². The molecule has 9 heteroatoms. The van der Waals surface area contributed by atoms with Crippen LogP contribution in [-0.2, 0) is 21.8 Å². The number of aromatic nitrogens is 2. The number of hydrogen-bond donors (Lipinski definition) is 0. The minimum Gasteiger partial charge on any atom is -0.450 e. The maximum Gasteiger partial charge on any atom is 0.409 e. The van der Waals surface area contributed by atoms with Crippen molar-refractivity contribution in [2.45, 2.75) is 18.4 Å². The molecule has 0 N–H and O–H groups in total. The molecule has 1 fully saturated rings. The first-order chi connectivity index (χ1) is 9.95. The van der Waals surface area contributed by atoms with Crippen LogP contribution in [0, 0.1) is 0 Å². The number of imidazole rings is 1. The quantitative estimate of drug-likeness (QED) is 0.799. The standard InChI is InChI=1S/C12H20N4O4S/c1-3-20-12(17)15-5-4-6-16(8-7-15)21(18,19)11-9-14(2)10-13-11/h9-10H,3-8H2,1-2H3. The number of carbonyl (C=O) groups is 1. The zero-order valence-corrected chi connectivity index (χ0v) is 13.0. The molecule has 8 nitrogen and oxygen atoms in total. The van der Waals surface area contributed by atoms with Crippen LogP contribution in [0.4, 0.5) is 4.79 Å². The van der Waals surface area contributed by atoms with Gasteiger partial charge in [0.15, 0.2) is 5.03 Å². The number of hydrogen-bond acceptors (Lipinski definition) is 5. The van der Waals surface area contributed by atoms with Crippen LogP contribution in [-0.4, -0.2) is 66.1 Å². The Morgan fingerprint density at radius 1 is 1.33 bits per heavy atom. The molecule has 0 saturated carbocycles. The average Bonchev–Trinajstić information content (AvgIpc) is 2.74. The molecule has 0 aromatic carbocycles. The van der Waals surface area contributed by atoms with E-state index in [9.17, 15) is 13.2 Å². The second-order valence-electron chi connectivity index (χ2n) is 4.82. The molecule has 0 spiro atoms. The Kier molecular flexibility index (Phi) is 4.84. The van der Waals surface area contributed by atoms with E-state index in [1.807, 2.05) is 0 Å². The minimum atomic E-state index is -3.60. The van der Waals surface area contributed by atoms with E-state index in [0.29, 0.717) is 32.7 Å². The number of nitrogens with zero attached hydrogens (tertiary/aromatic N) is 4. The van der Waals surface area contributed by atoms with Gasteiger partial charge >= 0.3 is 6.09 Å². The smallest absolute Gasteiger partial charge is 0.409 e. The van der Waals surface area contributed by atoms with Gasteiger partial charge in [-0.05, 0) is 13.3 Å². The van der Waals surface area contributed by atoms with Crippen molar-refractivity contribution in [3.63, 3.8) is 0 Å². The maximum atomic E-state index is 12.5. The van der Waals surface area contributed by atoms with Crippen molar-refractivity contribution < 1.29 is 17.9 Å². The zero-order valence-electron chi connectivity index (χ0n) is 12.2. The van der Waals surface area contributed by atoms with Crippen molar-refractivity contribution in [1.29, 1.82) is 0 Å². The van der Waals surface area contributed by atoms with Gasteiger partial charge in [-0.25, -0.2) is 18.2 Å². The third-order valence-corrected chi connectivity index (χ3v) is 5.05. The van der Waals surface area contributed by atoms with Gasteiger partial charge in [0.2, 0.25) is 0 Å². The lowest BCUT2D eigenvalue weighted by Crippen LogP contribution is -2.37. The number of rotatable bonds is 3. The van der Waals surface area contributed by atoms with Crippen LogP contribution in [0.15, 0.2) is 17.6 Å². The molecule has 1 aromatic heterocycles. The molecular weight excluding hydrogens is 296 g/mol. The molecule has 2 rings (SSSR count). The van der Waals surface area contributed by atoms with E-state index in [4.69, 9.17) is 4.74 Å². The molecule has 1 saturated heterocycles. The van der Waals surface area contributed by atoms with E-state index < -0.39 is 16.1 Å². The number of ether oxygens (including phenoxy) is 1. The Morgan fingerprint density at radius 2 is 2.10 bits per heavy atom. The Labute approximate surface area is 124 Å². The third-order valence-electron chi connectivity index (χ3n) is 3.27. The molecule has 1 aromatic rings. The second kappa shape index (κ2) is 6.44. The lowest BCUT2D eigenvalue weighted by Gasteiger charge is -2.20. The largest absolute Gasteiger partial charge is 0.450 e. The normalized spacial score (nSPS) is 17.5. The summed E-state index contributed by atoms with van der Waals surface area (Å²) < 4.78 is 32.9. The lowest BCUT2D eigenvalue weighted by atomic mass is 10.4. The zero-order chi connectivity index (χ0) is 15.5. The van der Waals surface area contributed by atoms with E-state index >= 15 is 0 Å². The summed E-state index contributed by atoms with van der Waals surface area (Å²) in [4.78, 5) is 17.1. The van der Waals surface area contributed by atoms with Crippen molar-refractivity contribution >= 4 is 16.1 Å². The van der Waals surface area contributed by atoms with Gasteiger partial charge in [0, 0.05) is 39.4 Å². The summed E-state index contributed by atoms with van der Waals surface area (Å²) in [7, 11) is -1.88. The third kappa shape index (κ3) is 3.53. The van der Waals surface area contributed by atoms with Gasteiger partial charge in [-0.1, -0.05) is 0 Å². The Morgan fingerprint density at radius 3 is 2.71 bits per heavy atom. The average molecular weight is 316 g/mol. The highest BCUT2D eigenvalue weighted by atomic mass is 32.2. The molecule has 2 heterocycles. The van der Waals surface area contributed by atoms with Gasteiger partial charge in [0.1, 0.15) is 0 Å². The van der Waals surface area contributed by atoms with Crippen molar-refractivity contribution in [3.05, 3.63) is 12.5 Å². The van der Waals surface area contributed by atoms with Gasteiger partial charge in [-0.15, -0.1) is 0 Å². The van der Waals surface area contributed by atoms with Crippen molar-refractivity contribution in [3.8, 4) is 0 Å². The summed E-state index contributed by atoms with van der Waals surface area (Å²) in [5.74, 6) is 0. The van der Waals surface area contributed by atoms with Crippen LogP contribution >= 0.6 is 0 Å². The maximum absolute atomic E-state index is 12.5. The summed E-state index contributed by atoms with van der Waals surface area (Å²) in [5.41, 5.74) is 0. The topological polar surface area (TPSA) is 84.7 Å². The Bertz CT molecular complexity index is 598. The lowest BCUT2D eigenvalue weighted by molar-refractivity contribution is 0.109. The first kappa shape index (κ1) is 15.8. The van der Waals surface area contributed by atoms with Crippen LogP contribution in [0.2, 0.25) is 0 Å². The fraction of sp³-hybridized carbons (Fsp3) is 0.667. The van der Waals surface area contributed by atoms with Gasteiger partial charge < -0.3 is 14.2 Å². The molecule has 0 bridgehead atoms. The van der Waals surface area contributed by atoms with Crippen molar-refractivity contribution in [2.24, 2.45) is 7.05 Å². The van der Waals surface area contributed by atoms with E-state index in [1.54, 1.807) is 18.5 Å². The van der Waals surface area contributed by atoms with E-state index in [1.165, 1.54) is 21.7 Å². The molecule has 118 valence electrons. The summed E-state index contributed by atoms with van der Waals surface area (Å²) >= 11 is 0. The highest BCUT2D eigenvalue weighted by molar-refractivity contribution is 7.89. The van der Waals surface area contributed by atoms with Crippen molar-refractivity contribution in [2.75, 3.05) is 32.8 Å². The molecule has 1 amide bonds. The van der Waals surface area contributed by atoms with Gasteiger partial charge in [0.25, 0.3) is 10.0 Å². The number of aryl methyl sites for hydroxylation is 1. The van der Waals surface area contributed by atoms with Crippen LogP contribution in [0.3, 0.4) is 0 Å². The monoisotopic (exact) mass is 316 g/mol. The minimum absolute atomic E-state index is 0.0367. The second-order valence-corrected chi connectivity index (χ2v) is 6.71. The fourth-order valence-corrected chi connectivity index (χ4v) is 3.62. The summed E-state index contributed by atoms with van der Waals surface area (Å²) in [6, 6.07) is 0. The SMILES string of the molecule is CCOC(=O)N1CCCN(S(=O)(=O)c2cn(C)cn2)CC1. The molecular formula is C12H20N4O4S. The molecule has 1 aliphatic rings. The Balaban J connectivity index is 2.07. The summed E-state index contributed by atoms with van der Waals surface area (Å²) in [5, 5.41) is 0.0367. The van der Waals surface area contributed by atoms with Gasteiger partial charge in [-0.3, -0.25) is 0 Å². The molecule has 0 radical (unpaired) electrons. The van der Waals surface area contributed by atoms with Crippen LogP contribution in [0.5, 0.6) is 0 Å². The highest BCUT2D eigenvalue weighted by Gasteiger charge is 2.30. The Hall–Kier alpha value is -1.61. The molecule has 0 unspecified atom stereocenters. The van der Waals surface area contributed by atoms with Crippen molar-refractivity contribution in [1.82, 2.24) is 18.8 Å². The summed E-state index contributed by atoms with van der Waals surface area (Å²) in [6.45, 7) is 3.49. The highest BCUT2D eigenvalue weighted by Crippen LogP contribution is 2.16. The predicted molar refractivity (Wildman–Crippen MR) is 75.2 cm³/mol. The fourth-order valence-electron chi connectivity index (χ4n) is 2.19. The van der Waals surface area contributed by atoms with E-state index in [-0.39, 0.29) is 11.6 Å². The predicted octanol–water partition coefficient (Wildman–Crippen LogP) is 0.273. The molecule has 1 aliphatic heterocycles. The van der Waals surface area contributed by atoms with Gasteiger partial charge in [0.05, 0.1) is 12.9 Å². The van der Waals surface area contributed by atoms with E-state index in [2.05, 4.69) is 4.98 Å². The number of amides is 1. The summed E-state index contributed by atoms with van der Waals surface area (Å²) in [6.07, 6.45) is 3.11. The first-order valence-electron chi connectivity index (χ1n) is 6.85. The van der Waals surface area contributed by atoms with Crippen LogP contribution < -0.4 is 0 Å². The molecule has 21 heavy (non-hydrogen) atoms. The number of sulfonamides is 1. The molecule has 0 atom stereocenters. The number of carbonyl (C=O) groups excluding carboxylic acids is 1. The van der Waals surface area contributed by atoms with Gasteiger partial charge in [-0.2, -0.15) is 4.31 Å². The first-order valence-corrected chi connectivity index (χ1v) is 8.29.